The van der Waals surface area contributed by atoms with Crippen molar-refractivity contribution in [3.8, 4) is 0 Å². The van der Waals surface area contributed by atoms with Gasteiger partial charge in [-0.25, -0.2) is 0 Å². The molecule has 0 unspecified atom stereocenters. The lowest BCUT2D eigenvalue weighted by atomic mass is 10.0. The van der Waals surface area contributed by atoms with E-state index in [9.17, 15) is 0 Å². The van der Waals surface area contributed by atoms with Crippen molar-refractivity contribution in [2.75, 3.05) is 53.1 Å². The molecule has 5 heteroatoms. The van der Waals surface area contributed by atoms with Gasteiger partial charge in [-0.1, -0.05) is 13.3 Å². The summed E-state index contributed by atoms with van der Waals surface area (Å²) in [7, 11) is 2.11. The van der Waals surface area contributed by atoms with Gasteiger partial charge in [0.15, 0.2) is 5.96 Å². The summed E-state index contributed by atoms with van der Waals surface area (Å²) in [6, 6.07) is 0. The monoisotopic (exact) mass is 313 g/mol. The molecule has 1 heterocycles. The van der Waals surface area contributed by atoms with Crippen molar-refractivity contribution in [2.24, 2.45) is 10.9 Å². The van der Waals surface area contributed by atoms with E-state index in [-0.39, 0.29) is 0 Å². The molecule has 0 radical (unpaired) electrons. The molecule has 0 aromatic heterocycles. The van der Waals surface area contributed by atoms with E-state index in [1.165, 1.54) is 12.8 Å². The molecule has 0 aromatic carbocycles. The maximum Gasteiger partial charge on any atom is 0.193 e. The second-order valence-corrected chi connectivity index (χ2v) is 5.99. The Balaban J connectivity index is 2.14. The first kappa shape index (κ1) is 19.2. The van der Waals surface area contributed by atoms with Gasteiger partial charge in [0.2, 0.25) is 0 Å². The first-order chi connectivity index (χ1) is 10.8. The number of hydrogen-bond donors (Lipinski definition) is 1. The zero-order chi connectivity index (χ0) is 16.0. The maximum absolute atomic E-state index is 5.78. The Kier molecular flexibility index (Phi) is 11.1. The van der Waals surface area contributed by atoms with Crippen LogP contribution in [0.5, 0.6) is 0 Å². The van der Waals surface area contributed by atoms with Gasteiger partial charge in [-0.3, -0.25) is 4.99 Å². The van der Waals surface area contributed by atoms with Gasteiger partial charge in [0, 0.05) is 53.1 Å². The van der Waals surface area contributed by atoms with Crippen LogP contribution in [-0.4, -0.2) is 64.0 Å². The van der Waals surface area contributed by atoms with E-state index in [1.807, 2.05) is 0 Å². The SMILES string of the molecule is CCCCN(C)C(=NCCCOCC1CCOCC1)NCC. The zero-order valence-corrected chi connectivity index (χ0v) is 14.8. The van der Waals surface area contributed by atoms with Crippen molar-refractivity contribution in [1.82, 2.24) is 10.2 Å². The molecule has 1 N–H and O–H groups in total. The first-order valence-corrected chi connectivity index (χ1v) is 8.92. The van der Waals surface area contributed by atoms with Gasteiger partial charge in [0.1, 0.15) is 0 Å². The summed E-state index contributed by atoms with van der Waals surface area (Å²) in [4.78, 5) is 6.90. The fourth-order valence-electron chi connectivity index (χ4n) is 2.49. The van der Waals surface area contributed by atoms with E-state index in [2.05, 4.69) is 36.1 Å². The lowest BCUT2D eigenvalue weighted by Crippen LogP contribution is -2.39. The Morgan fingerprint density at radius 2 is 2.05 bits per heavy atom. The van der Waals surface area contributed by atoms with Crippen LogP contribution >= 0.6 is 0 Å². The van der Waals surface area contributed by atoms with Crippen molar-refractivity contribution in [1.29, 1.82) is 0 Å². The molecule has 1 saturated heterocycles. The number of hydrogen-bond acceptors (Lipinski definition) is 3. The summed E-state index contributed by atoms with van der Waals surface area (Å²) in [6.07, 6.45) is 5.69. The molecule has 0 atom stereocenters. The number of nitrogens with zero attached hydrogens (tertiary/aromatic N) is 2. The molecule has 0 saturated carbocycles. The average molecular weight is 313 g/mol. The third-order valence-electron chi connectivity index (χ3n) is 3.95. The Labute approximate surface area is 136 Å². The highest BCUT2D eigenvalue weighted by molar-refractivity contribution is 5.79. The van der Waals surface area contributed by atoms with Gasteiger partial charge in [-0.15, -0.1) is 0 Å². The van der Waals surface area contributed by atoms with E-state index in [4.69, 9.17) is 9.47 Å². The van der Waals surface area contributed by atoms with Crippen LogP contribution in [0.3, 0.4) is 0 Å². The van der Waals surface area contributed by atoms with Crippen molar-refractivity contribution in [2.45, 2.75) is 46.0 Å². The summed E-state index contributed by atoms with van der Waals surface area (Å²) >= 11 is 0. The summed E-state index contributed by atoms with van der Waals surface area (Å²) in [5.74, 6) is 1.70. The lowest BCUT2D eigenvalue weighted by molar-refractivity contribution is 0.0205. The van der Waals surface area contributed by atoms with E-state index in [1.54, 1.807) is 0 Å². The topological polar surface area (TPSA) is 46.1 Å². The number of ether oxygens (including phenoxy) is 2. The first-order valence-electron chi connectivity index (χ1n) is 8.92. The molecular weight excluding hydrogens is 278 g/mol. The molecule has 0 amide bonds. The van der Waals surface area contributed by atoms with Gasteiger partial charge in [0.25, 0.3) is 0 Å². The zero-order valence-electron chi connectivity index (χ0n) is 14.8. The normalized spacial score (nSPS) is 16.8. The Morgan fingerprint density at radius 1 is 1.27 bits per heavy atom. The molecule has 1 fully saturated rings. The van der Waals surface area contributed by atoms with E-state index in [0.717, 1.165) is 71.3 Å². The Morgan fingerprint density at radius 3 is 2.73 bits per heavy atom. The number of nitrogens with one attached hydrogen (secondary N) is 1. The van der Waals surface area contributed by atoms with Gasteiger partial charge in [-0.05, 0) is 38.5 Å². The Hall–Kier alpha value is -0.810. The van der Waals surface area contributed by atoms with Crippen molar-refractivity contribution >= 4 is 5.96 Å². The minimum Gasteiger partial charge on any atom is -0.381 e. The summed E-state index contributed by atoms with van der Waals surface area (Å²) in [5, 5.41) is 3.36. The van der Waals surface area contributed by atoms with Gasteiger partial charge in [-0.2, -0.15) is 0 Å². The second kappa shape index (κ2) is 12.7. The van der Waals surface area contributed by atoms with Crippen LogP contribution < -0.4 is 5.32 Å². The van der Waals surface area contributed by atoms with Gasteiger partial charge >= 0.3 is 0 Å². The van der Waals surface area contributed by atoms with E-state index >= 15 is 0 Å². The highest BCUT2D eigenvalue weighted by atomic mass is 16.5. The summed E-state index contributed by atoms with van der Waals surface area (Å²) in [5.41, 5.74) is 0. The van der Waals surface area contributed by atoms with Crippen LogP contribution in [0.15, 0.2) is 4.99 Å². The largest absolute Gasteiger partial charge is 0.381 e. The molecule has 0 bridgehead atoms. The average Bonchev–Trinajstić information content (AvgIpc) is 2.55. The molecular formula is C17H35N3O2. The fraction of sp³-hybridized carbons (Fsp3) is 0.941. The molecule has 1 aliphatic heterocycles. The van der Waals surface area contributed by atoms with Crippen LogP contribution in [0.4, 0.5) is 0 Å². The molecule has 0 aromatic rings. The number of rotatable bonds is 10. The standard InChI is InChI=1S/C17H35N3O2/c1-4-6-11-20(3)17(18-5-2)19-10-7-12-22-15-16-8-13-21-14-9-16/h16H,4-15H2,1-3H3,(H,18,19). The lowest BCUT2D eigenvalue weighted by Gasteiger charge is -2.22. The molecule has 130 valence electrons. The van der Waals surface area contributed by atoms with Crippen LogP contribution in [-0.2, 0) is 9.47 Å². The second-order valence-electron chi connectivity index (χ2n) is 5.99. The molecule has 0 aliphatic carbocycles. The smallest absolute Gasteiger partial charge is 0.193 e. The predicted molar refractivity (Wildman–Crippen MR) is 92.5 cm³/mol. The minimum absolute atomic E-state index is 0.690. The van der Waals surface area contributed by atoms with Crippen molar-refractivity contribution in [3.63, 3.8) is 0 Å². The molecule has 1 rings (SSSR count). The molecule has 22 heavy (non-hydrogen) atoms. The quantitative estimate of drug-likeness (QED) is 0.382. The molecule has 5 nitrogen and oxygen atoms in total. The van der Waals surface area contributed by atoms with Crippen molar-refractivity contribution < 1.29 is 9.47 Å². The number of aliphatic imine (C=N–C) groups is 1. The Bertz CT molecular complexity index is 292. The third kappa shape index (κ3) is 8.59. The highest BCUT2D eigenvalue weighted by Crippen LogP contribution is 2.14. The van der Waals surface area contributed by atoms with Crippen molar-refractivity contribution in [3.05, 3.63) is 0 Å². The summed E-state index contributed by atoms with van der Waals surface area (Å²) < 4.78 is 11.1. The highest BCUT2D eigenvalue weighted by Gasteiger charge is 2.13. The van der Waals surface area contributed by atoms with E-state index < -0.39 is 0 Å². The maximum atomic E-state index is 5.78. The minimum atomic E-state index is 0.690. The molecule has 0 spiro atoms. The number of guanidine groups is 1. The van der Waals surface area contributed by atoms with Crippen LogP contribution in [0, 0.1) is 5.92 Å². The van der Waals surface area contributed by atoms with Crippen LogP contribution in [0.25, 0.3) is 0 Å². The fourth-order valence-corrected chi connectivity index (χ4v) is 2.49. The summed E-state index contributed by atoms with van der Waals surface area (Å²) in [6.45, 7) is 10.6. The number of unbranched alkanes of at least 4 members (excludes halogenated alkanes) is 1. The van der Waals surface area contributed by atoms with E-state index in [0.29, 0.717) is 5.92 Å². The third-order valence-corrected chi connectivity index (χ3v) is 3.95. The molecule has 1 aliphatic rings. The predicted octanol–water partition coefficient (Wildman–Crippen LogP) is 2.52. The van der Waals surface area contributed by atoms with Gasteiger partial charge in [0.05, 0.1) is 0 Å². The van der Waals surface area contributed by atoms with Crippen LogP contribution in [0.2, 0.25) is 0 Å². The van der Waals surface area contributed by atoms with Crippen LogP contribution in [0.1, 0.15) is 46.0 Å². The van der Waals surface area contributed by atoms with Gasteiger partial charge < -0.3 is 19.7 Å².